The van der Waals surface area contributed by atoms with Crippen LogP contribution in [0.25, 0.3) is 0 Å². The molecule has 0 fully saturated rings. The SMILES string of the molecule is C=CC(C)=O.C=CS(C)(=O)=O. The average Bonchev–Trinajstić information content (AvgIpc) is 1.88. The predicted molar refractivity (Wildman–Crippen MR) is 45.9 cm³/mol. The minimum Gasteiger partial charge on any atom is -0.295 e. The first-order valence-electron chi connectivity index (χ1n) is 2.79. The Balaban J connectivity index is 0. The van der Waals surface area contributed by atoms with Crippen molar-refractivity contribution in [3.63, 3.8) is 0 Å². The van der Waals surface area contributed by atoms with E-state index in [4.69, 9.17) is 0 Å². The van der Waals surface area contributed by atoms with E-state index in [1.165, 1.54) is 13.0 Å². The molecule has 0 aliphatic carbocycles. The van der Waals surface area contributed by atoms with Crippen LogP contribution >= 0.6 is 0 Å². The average molecular weight is 176 g/mol. The Morgan fingerprint density at radius 1 is 1.36 bits per heavy atom. The Morgan fingerprint density at radius 3 is 1.55 bits per heavy atom. The molecule has 64 valence electrons. The molecule has 0 amide bonds. The second-order valence-electron chi connectivity index (χ2n) is 1.81. The highest BCUT2D eigenvalue weighted by atomic mass is 32.2. The van der Waals surface area contributed by atoms with E-state index in [1.807, 2.05) is 0 Å². The van der Waals surface area contributed by atoms with Gasteiger partial charge in [0.2, 0.25) is 0 Å². The molecule has 0 aromatic carbocycles. The van der Waals surface area contributed by atoms with Gasteiger partial charge in [-0.05, 0) is 13.0 Å². The number of allylic oxidation sites excluding steroid dienone is 1. The number of carbonyl (C=O) groups is 1. The van der Waals surface area contributed by atoms with Gasteiger partial charge in [-0.15, -0.1) is 0 Å². The van der Waals surface area contributed by atoms with Crippen LogP contribution in [0.2, 0.25) is 0 Å². The molecule has 0 aliphatic rings. The van der Waals surface area contributed by atoms with Crippen LogP contribution < -0.4 is 0 Å². The quantitative estimate of drug-likeness (QED) is 0.588. The molecule has 0 N–H and O–H groups in total. The lowest BCUT2D eigenvalue weighted by molar-refractivity contribution is -0.112. The number of hydrogen-bond acceptors (Lipinski definition) is 3. The van der Waals surface area contributed by atoms with Crippen LogP contribution in [-0.2, 0) is 14.6 Å². The standard InChI is InChI=1S/C4H6O.C3H6O2S/c1-3-4(2)5;1-3-6(2,4)5/h3H,1H2,2H3;3H,1H2,2H3. The van der Waals surface area contributed by atoms with E-state index in [9.17, 15) is 13.2 Å². The monoisotopic (exact) mass is 176 g/mol. The minimum atomic E-state index is -2.90. The third-order valence-electron chi connectivity index (χ3n) is 0.590. The summed E-state index contributed by atoms with van der Waals surface area (Å²) in [5.41, 5.74) is 0. The summed E-state index contributed by atoms with van der Waals surface area (Å²) in [4.78, 5) is 9.69. The van der Waals surface area contributed by atoms with E-state index < -0.39 is 9.84 Å². The first-order valence-corrected chi connectivity index (χ1v) is 4.74. The van der Waals surface area contributed by atoms with Crippen molar-refractivity contribution >= 4 is 15.6 Å². The zero-order valence-corrected chi connectivity index (χ0v) is 7.52. The number of sulfone groups is 1. The van der Waals surface area contributed by atoms with Gasteiger partial charge in [-0.3, -0.25) is 4.79 Å². The van der Waals surface area contributed by atoms with Gasteiger partial charge in [0.1, 0.15) is 0 Å². The Morgan fingerprint density at radius 2 is 1.55 bits per heavy atom. The summed E-state index contributed by atoms with van der Waals surface area (Å²) in [6.45, 7) is 7.72. The lowest BCUT2D eigenvalue weighted by Gasteiger charge is -1.74. The fourth-order valence-corrected chi connectivity index (χ4v) is 0. The lowest BCUT2D eigenvalue weighted by Crippen LogP contribution is -1.84. The molecule has 0 atom stereocenters. The molecular formula is C7H12O3S. The van der Waals surface area contributed by atoms with Gasteiger partial charge in [-0.1, -0.05) is 13.2 Å². The van der Waals surface area contributed by atoms with Gasteiger partial charge in [0, 0.05) is 11.7 Å². The van der Waals surface area contributed by atoms with Crippen LogP contribution in [0.5, 0.6) is 0 Å². The maximum atomic E-state index is 9.88. The maximum Gasteiger partial charge on any atom is 0.168 e. The lowest BCUT2D eigenvalue weighted by atomic mass is 10.5. The van der Waals surface area contributed by atoms with E-state index >= 15 is 0 Å². The first kappa shape index (κ1) is 12.7. The van der Waals surface area contributed by atoms with E-state index in [0.717, 1.165) is 11.7 Å². The Kier molecular flexibility index (Phi) is 6.78. The number of hydrogen-bond donors (Lipinski definition) is 0. The van der Waals surface area contributed by atoms with Crippen molar-refractivity contribution in [3.05, 3.63) is 24.6 Å². The summed E-state index contributed by atoms with van der Waals surface area (Å²) < 4.78 is 19.8. The Bertz CT molecular complexity index is 225. The normalized spacial score (nSPS) is 8.91. The highest BCUT2D eigenvalue weighted by Crippen LogP contribution is 1.76. The second-order valence-corrected chi connectivity index (χ2v) is 3.80. The molecule has 0 aliphatic heterocycles. The van der Waals surface area contributed by atoms with E-state index in [-0.39, 0.29) is 5.78 Å². The molecule has 0 heterocycles. The summed E-state index contributed by atoms with van der Waals surface area (Å²) in [6, 6.07) is 0. The Labute approximate surface area is 67.3 Å². The zero-order chi connectivity index (χ0) is 9.49. The van der Waals surface area contributed by atoms with E-state index in [0.29, 0.717) is 0 Å². The van der Waals surface area contributed by atoms with Gasteiger partial charge < -0.3 is 0 Å². The summed E-state index contributed by atoms with van der Waals surface area (Å²) in [7, 11) is -2.90. The topological polar surface area (TPSA) is 51.2 Å². The van der Waals surface area contributed by atoms with Gasteiger partial charge in [-0.2, -0.15) is 0 Å². The van der Waals surface area contributed by atoms with E-state index in [2.05, 4.69) is 13.2 Å². The maximum absolute atomic E-state index is 9.88. The molecule has 0 aromatic rings. The molecule has 0 aromatic heterocycles. The molecular weight excluding hydrogens is 164 g/mol. The van der Waals surface area contributed by atoms with Crippen molar-refractivity contribution in [3.8, 4) is 0 Å². The van der Waals surface area contributed by atoms with Crippen LogP contribution in [0.15, 0.2) is 24.6 Å². The second kappa shape index (κ2) is 5.85. The van der Waals surface area contributed by atoms with Crippen LogP contribution in [0.4, 0.5) is 0 Å². The summed E-state index contributed by atoms with van der Waals surface area (Å²) in [5.74, 6) is 0.0185. The highest BCUT2D eigenvalue weighted by molar-refractivity contribution is 7.93. The number of ketones is 1. The van der Waals surface area contributed by atoms with Gasteiger partial charge in [0.25, 0.3) is 0 Å². The van der Waals surface area contributed by atoms with Crippen LogP contribution in [0, 0.1) is 0 Å². The molecule has 0 rings (SSSR count). The summed E-state index contributed by atoms with van der Waals surface area (Å²) in [6.07, 6.45) is 2.38. The summed E-state index contributed by atoms with van der Waals surface area (Å²) >= 11 is 0. The fourth-order valence-electron chi connectivity index (χ4n) is 0. The van der Waals surface area contributed by atoms with Crippen LogP contribution in [-0.4, -0.2) is 20.5 Å². The number of carbonyl (C=O) groups excluding carboxylic acids is 1. The first-order chi connectivity index (χ1) is 4.83. The van der Waals surface area contributed by atoms with Crippen molar-refractivity contribution in [2.75, 3.05) is 6.26 Å². The smallest absolute Gasteiger partial charge is 0.168 e. The molecule has 0 spiro atoms. The highest BCUT2D eigenvalue weighted by Gasteiger charge is 1.85. The molecule has 0 saturated carbocycles. The fraction of sp³-hybridized carbons (Fsp3) is 0.286. The van der Waals surface area contributed by atoms with Gasteiger partial charge in [0.05, 0.1) is 0 Å². The molecule has 4 heteroatoms. The van der Waals surface area contributed by atoms with Crippen molar-refractivity contribution in [1.29, 1.82) is 0 Å². The van der Waals surface area contributed by atoms with Crippen molar-refractivity contribution in [2.45, 2.75) is 6.92 Å². The number of rotatable bonds is 2. The molecule has 0 saturated heterocycles. The molecule has 0 radical (unpaired) electrons. The van der Waals surface area contributed by atoms with Crippen molar-refractivity contribution < 1.29 is 13.2 Å². The minimum absolute atomic E-state index is 0.0185. The summed E-state index contributed by atoms with van der Waals surface area (Å²) in [5, 5.41) is 0.910. The third-order valence-corrected chi connectivity index (χ3v) is 1.20. The zero-order valence-electron chi connectivity index (χ0n) is 6.70. The van der Waals surface area contributed by atoms with Gasteiger partial charge in [-0.25, -0.2) is 8.42 Å². The molecule has 0 unspecified atom stereocenters. The predicted octanol–water partition coefficient (Wildman–Crippen LogP) is 0.936. The molecule has 3 nitrogen and oxygen atoms in total. The molecule has 0 bridgehead atoms. The van der Waals surface area contributed by atoms with Gasteiger partial charge in [0.15, 0.2) is 15.6 Å². The van der Waals surface area contributed by atoms with Crippen LogP contribution in [0.3, 0.4) is 0 Å². The molecule has 11 heavy (non-hydrogen) atoms. The van der Waals surface area contributed by atoms with Crippen molar-refractivity contribution in [2.24, 2.45) is 0 Å². The third kappa shape index (κ3) is 27.3. The van der Waals surface area contributed by atoms with E-state index in [1.54, 1.807) is 0 Å². The largest absolute Gasteiger partial charge is 0.295 e. The van der Waals surface area contributed by atoms with Crippen molar-refractivity contribution in [1.82, 2.24) is 0 Å². The van der Waals surface area contributed by atoms with Crippen LogP contribution in [0.1, 0.15) is 6.92 Å². The Hall–Kier alpha value is -0.900. The van der Waals surface area contributed by atoms with Gasteiger partial charge >= 0.3 is 0 Å².